The molecule has 1 aliphatic carbocycles. The Balaban J connectivity index is 1.37. The number of methoxy groups -OCH3 is 1. The minimum atomic E-state index is 0.383. The predicted molar refractivity (Wildman–Crippen MR) is 87.3 cm³/mol. The predicted octanol–water partition coefficient (Wildman–Crippen LogP) is 0.582. The van der Waals surface area contributed by atoms with Crippen molar-refractivity contribution in [3.8, 4) is 0 Å². The number of hydrogen-bond acceptors (Lipinski definition) is 4. The van der Waals surface area contributed by atoms with Crippen LogP contribution in [0.2, 0.25) is 0 Å². The second-order valence-corrected chi connectivity index (χ2v) is 6.62. The van der Waals surface area contributed by atoms with E-state index in [4.69, 9.17) is 9.47 Å². The summed E-state index contributed by atoms with van der Waals surface area (Å²) >= 11 is 0. The van der Waals surface area contributed by atoms with Crippen molar-refractivity contribution in [2.75, 3.05) is 40.4 Å². The summed E-state index contributed by atoms with van der Waals surface area (Å²) in [4.78, 5) is 6.87. The molecule has 3 aliphatic rings. The Kier molecular flexibility index (Phi) is 5.55. The third kappa shape index (κ3) is 4.12. The zero-order chi connectivity index (χ0) is 15.4. The van der Waals surface area contributed by atoms with Gasteiger partial charge in [0, 0.05) is 39.8 Å². The molecule has 3 rings (SSSR count). The van der Waals surface area contributed by atoms with Gasteiger partial charge in [-0.3, -0.25) is 9.89 Å². The highest BCUT2D eigenvalue weighted by molar-refractivity contribution is 5.80. The number of ether oxygens (including phenoxy) is 2. The Bertz CT molecular complexity index is 386. The van der Waals surface area contributed by atoms with E-state index in [0.29, 0.717) is 18.2 Å². The summed E-state index contributed by atoms with van der Waals surface area (Å²) in [5, 5.41) is 6.98. The van der Waals surface area contributed by atoms with Crippen LogP contribution < -0.4 is 10.6 Å². The summed E-state index contributed by atoms with van der Waals surface area (Å²) in [5.74, 6) is 0.906. The summed E-state index contributed by atoms with van der Waals surface area (Å²) < 4.78 is 11.1. The fourth-order valence-corrected chi connectivity index (χ4v) is 3.60. The lowest BCUT2D eigenvalue weighted by atomic mass is 9.96. The minimum absolute atomic E-state index is 0.383. The number of rotatable bonds is 8. The number of aliphatic imine (C=N–C) groups is 1. The summed E-state index contributed by atoms with van der Waals surface area (Å²) in [6.07, 6.45) is 7.05. The summed E-state index contributed by atoms with van der Waals surface area (Å²) in [7, 11) is 3.61. The molecule has 0 aromatic carbocycles. The van der Waals surface area contributed by atoms with Crippen LogP contribution in [0.3, 0.4) is 0 Å². The van der Waals surface area contributed by atoms with Gasteiger partial charge < -0.3 is 20.1 Å². The molecular formula is C16H30N4O2. The van der Waals surface area contributed by atoms with Gasteiger partial charge in [0.05, 0.1) is 24.9 Å². The lowest BCUT2D eigenvalue weighted by Crippen LogP contribution is -2.49. The molecule has 2 saturated heterocycles. The van der Waals surface area contributed by atoms with E-state index in [2.05, 4.69) is 20.5 Å². The third-order valence-electron chi connectivity index (χ3n) is 4.99. The van der Waals surface area contributed by atoms with E-state index < -0.39 is 0 Å². The Labute approximate surface area is 133 Å². The molecule has 6 nitrogen and oxygen atoms in total. The second-order valence-electron chi connectivity index (χ2n) is 6.62. The van der Waals surface area contributed by atoms with Crippen LogP contribution in [0, 0.1) is 0 Å². The van der Waals surface area contributed by atoms with Gasteiger partial charge in [-0.1, -0.05) is 0 Å². The van der Waals surface area contributed by atoms with Crippen LogP contribution in [-0.4, -0.2) is 75.5 Å². The maximum absolute atomic E-state index is 5.89. The minimum Gasteiger partial charge on any atom is -0.383 e. The molecule has 3 unspecified atom stereocenters. The van der Waals surface area contributed by atoms with Crippen molar-refractivity contribution in [2.45, 2.75) is 56.4 Å². The van der Waals surface area contributed by atoms with Crippen molar-refractivity contribution in [1.82, 2.24) is 15.5 Å². The first kappa shape index (κ1) is 16.0. The molecular weight excluding hydrogens is 280 g/mol. The van der Waals surface area contributed by atoms with Crippen LogP contribution in [0.1, 0.15) is 32.1 Å². The fraction of sp³-hybridized carbons (Fsp3) is 0.938. The summed E-state index contributed by atoms with van der Waals surface area (Å²) in [6.45, 7) is 3.80. The van der Waals surface area contributed by atoms with E-state index in [1.165, 1.54) is 25.7 Å². The molecule has 126 valence electrons. The standard InChI is InChI=1S/C16H30N4O2/c1-17-16(19-14-11-13-5-6-15(14)22-13)18-7-8-20(9-10-21-2)12-3-4-12/h12-15H,3-11H2,1-2H3,(H2,17,18,19). The number of guanidine groups is 1. The lowest BCUT2D eigenvalue weighted by Gasteiger charge is -2.25. The molecule has 2 aliphatic heterocycles. The van der Waals surface area contributed by atoms with E-state index in [1.54, 1.807) is 7.11 Å². The number of hydrogen-bond donors (Lipinski definition) is 2. The largest absolute Gasteiger partial charge is 0.383 e. The van der Waals surface area contributed by atoms with Crippen LogP contribution in [0.25, 0.3) is 0 Å². The normalized spacial score (nSPS) is 31.0. The highest BCUT2D eigenvalue weighted by Gasteiger charge is 2.41. The molecule has 3 atom stereocenters. The fourth-order valence-electron chi connectivity index (χ4n) is 3.60. The highest BCUT2D eigenvalue weighted by Crippen LogP contribution is 2.34. The van der Waals surface area contributed by atoms with E-state index in [1.807, 2.05) is 7.05 Å². The molecule has 0 aromatic rings. The van der Waals surface area contributed by atoms with Crippen molar-refractivity contribution in [2.24, 2.45) is 4.99 Å². The van der Waals surface area contributed by atoms with Gasteiger partial charge in [-0.05, 0) is 32.1 Å². The molecule has 0 radical (unpaired) electrons. The van der Waals surface area contributed by atoms with Crippen molar-refractivity contribution in [3.63, 3.8) is 0 Å². The first-order valence-electron chi connectivity index (χ1n) is 8.65. The molecule has 0 aromatic heterocycles. The van der Waals surface area contributed by atoms with Crippen molar-refractivity contribution in [3.05, 3.63) is 0 Å². The van der Waals surface area contributed by atoms with Gasteiger partial charge in [-0.25, -0.2) is 0 Å². The highest BCUT2D eigenvalue weighted by atomic mass is 16.5. The Morgan fingerprint density at radius 1 is 1.27 bits per heavy atom. The lowest BCUT2D eigenvalue weighted by molar-refractivity contribution is 0.0992. The Morgan fingerprint density at radius 3 is 2.73 bits per heavy atom. The number of fused-ring (bicyclic) bond motifs is 2. The van der Waals surface area contributed by atoms with E-state index in [0.717, 1.165) is 44.7 Å². The molecule has 2 N–H and O–H groups in total. The average molecular weight is 310 g/mol. The Morgan fingerprint density at radius 2 is 2.14 bits per heavy atom. The molecule has 0 amide bonds. The van der Waals surface area contributed by atoms with E-state index >= 15 is 0 Å². The zero-order valence-electron chi connectivity index (χ0n) is 13.9. The van der Waals surface area contributed by atoms with Crippen LogP contribution in [0.5, 0.6) is 0 Å². The third-order valence-corrected chi connectivity index (χ3v) is 4.99. The monoisotopic (exact) mass is 310 g/mol. The quantitative estimate of drug-likeness (QED) is 0.507. The van der Waals surface area contributed by atoms with E-state index in [-0.39, 0.29) is 0 Å². The van der Waals surface area contributed by atoms with Crippen molar-refractivity contribution < 1.29 is 9.47 Å². The van der Waals surface area contributed by atoms with Gasteiger partial charge in [0.2, 0.25) is 0 Å². The second kappa shape index (κ2) is 7.62. The summed E-state index contributed by atoms with van der Waals surface area (Å²) in [5.41, 5.74) is 0. The summed E-state index contributed by atoms with van der Waals surface area (Å²) in [6, 6.07) is 1.20. The first-order chi connectivity index (χ1) is 10.8. The van der Waals surface area contributed by atoms with Crippen molar-refractivity contribution >= 4 is 5.96 Å². The van der Waals surface area contributed by atoms with Crippen molar-refractivity contribution in [1.29, 1.82) is 0 Å². The smallest absolute Gasteiger partial charge is 0.191 e. The molecule has 2 heterocycles. The van der Waals surface area contributed by atoms with Crippen LogP contribution in [0.15, 0.2) is 4.99 Å². The van der Waals surface area contributed by atoms with Gasteiger partial charge in [0.1, 0.15) is 0 Å². The SMILES string of the molecule is CN=C(NCCN(CCOC)C1CC1)NC1CC2CCC1O2. The first-order valence-corrected chi connectivity index (χ1v) is 8.65. The van der Waals surface area contributed by atoms with E-state index in [9.17, 15) is 0 Å². The maximum atomic E-state index is 5.89. The van der Waals surface area contributed by atoms with Gasteiger partial charge >= 0.3 is 0 Å². The number of nitrogens with one attached hydrogen (secondary N) is 2. The van der Waals surface area contributed by atoms with Gasteiger partial charge in [0.25, 0.3) is 0 Å². The molecule has 1 saturated carbocycles. The molecule has 3 fully saturated rings. The molecule has 6 heteroatoms. The average Bonchev–Trinajstić information content (AvgIpc) is 3.17. The van der Waals surface area contributed by atoms with Crippen LogP contribution >= 0.6 is 0 Å². The molecule has 0 spiro atoms. The maximum Gasteiger partial charge on any atom is 0.191 e. The van der Waals surface area contributed by atoms with Crippen LogP contribution in [0.4, 0.5) is 0 Å². The zero-order valence-corrected chi connectivity index (χ0v) is 13.9. The molecule has 2 bridgehead atoms. The number of nitrogens with zero attached hydrogens (tertiary/aromatic N) is 2. The van der Waals surface area contributed by atoms with Gasteiger partial charge in [-0.2, -0.15) is 0 Å². The molecule has 22 heavy (non-hydrogen) atoms. The topological polar surface area (TPSA) is 58.1 Å². The van der Waals surface area contributed by atoms with Crippen LogP contribution in [-0.2, 0) is 9.47 Å². The Hall–Kier alpha value is -0.850. The van der Waals surface area contributed by atoms with Gasteiger partial charge in [0.15, 0.2) is 5.96 Å². The van der Waals surface area contributed by atoms with Gasteiger partial charge in [-0.15, -0.1) is 0 Å².